The van der Waals surface area contributed by atoms with Gasteiger partial charge in [-0.2, -0.15) is 0 Å². The standard InChI is InChI=1S/C21H41N3O13/c1-19(6-27)21(3,32)20(2,31)15(24)18(37-19)36-14-8(5-26)34-17(10(23)12(14)29)35-13-7(4-25)33-16(30)9(22)11(13)28/h7-18,25-32H,4-6,22-24H2,1-3H3/t7-,8-,9-,10-,11-,12-,13?,14?,15+,16-,17+,18+,19-,20-,21-/m1/s1. The van der Waals surface area contributed by atoms with E-state index >= 15 is 0 Å². The molecule has 0 aliphatic carbocycles. The van der Waals surface area contributed by atoms with Gasteiger partial charge in [0.05, 0.1) is 37.9 Å². The Kier molecular flexibility index (Phi) is 9.26. The Labute approximate surface area is 213 Å². The Morgan fingerprint density at radius 1 is 0.757 bits per heavy atom. The molecule has 3 saturated heterocycles. The van der Waals surface area contributed by atoms with Crippen LogP contribution in [0.25, 0.3) is 0 Å². The van der Waals surface area contributed by atoms with Crippen molar-refractivity contribution in [1.82, 2.24) is 0 Å². The summed E-state index contributed by atoms with van der Waals surface area (Å²) >= 11 is 0. The Morgan fingerprint density at radius 2 is 1.24 bits per heavy atom. The van der Waals surface area contributed by atoms with Gasteiger partial charge >= 0.3 is 0 Å². The molecule has 3 aliphatic heterocycles. The molecule has 0 amide bonds. The fraction of sp³-hybridized carbons (Fsp3) is 1.00. The maximum Gasteiger partial charge on any atom is 0.177 e. The molecular weight excluding hydrogens is 502 g/mol. The molecule has 3 aliphatic rings. The van der Waals surface area contributed by atoms with Gasteiger partial charge in [-0.3, -0.25) is 0 Å². The zero-order valence-electron chi connectivity index (χ0n) is 20.9. The smallest absolute Gasteiger partial charge is 0.177 e. The fourth-order valence-electron chi connectivity index (χ4n) is 4.83. The average molecular weight is 544 g/mol. The quantitative estimate of drug-likeness (QED) is 0.142. The van der Waals surface area contributed by atoms with E-state index in [4.69, 9.17) is 40.9 Å². The molecule has 2 unspecified atom stereocenters. The number of aliphatic hydroxyl groups excluding tert-OH is 6. The Bertz CT molecular complexity index is 767. The lowest BCUT2D eigenvalue weighted by molar-refractivity contribution is -0.385. The largest absolute Gasteiger partial charge is 0.394 e. The van der Waals surface area contributed by atoms with Gasteiger partial charge in [0.2, 0.25) is 0 Å². The number of ether oxygens (including phenoxy) is 5. The molecule has 3 heterocycles. The van der Waals surface area contributed by atoms with Crippen LogP contribution in [0.1, 0.15) is 20.8 Å². The summed E-state index contributed by atoms with van der Waals surface area (Å²) in [6.07, 6.45) is -12.8. The molecule has 0 radical (unpaired) electrons. The number of rotatable bonds is 7. The lowest BCUT2D eigenvalue weighted by atomic mass is 9.68. The summed E-state index contributed by atoms with van der Waals surface area (Å²) in [6.45, 7) is 1.74. The van der Waals surface area contributed by atoms with Crippen molar-refractivity contribution in [2.24, 2.45) is 17.2 Å². The molecule has 0 aromatic carbocycles. The minimum absolute atomic E-state index is 0.657. The summed E-state index contributed by atoms with van der Waals surface area (Å²) in [7, 11) is 0. The second kappa shape index (κ2) is 11.1. The van der Waals surface area contributed by atoms with Crippen molar-refractivity contribution in [2.45, 2.75) is 111 Å². The molecule has 15 atom stereocenters. The molecule has 16 heteroatoms. The third-order valence-corrected chi connectivity index (χ3v) is 8.04. The van der Waals surface area contributed by atoms with E-state index in [9.17, 15) is 40.9 Å². The second-order valence-corrected chi connectivity index (χ2v) is 10.4. The molecule has 0 saturated carbocycles. The Morgan fingerprint density at radius 3 is 1.76 bits per heavy atom. The number of hydrogen-bond donors (Lipinski definition) is 11. The van der Waals surface area contributed by atoms with Crippen LogP contribution in [0.5, 0.6) is 0 Å². The van der Waals surface area contributed by atoms with Gasteiger partial charge in [0, 0.05) is 0 Å². The molecule has 218 valence electrons. The lowest BCUT2D eigenvalue weighted by Crippen LogP contribution is -2.79. The molecule has 16 nitrogen and oxygen atoms in total. The van der Waals surface area contributed by atoms with Crippen LogP contribution in [0.2, 0.25) is 0 Å². The van der Waals surface area contributed by atoms with Crippen molar-refractivity contribution < 1.29 is 64.5 Å². The van der Waals surface area contributed by atoms with Crippen molar-refractivity contribution in [2.75, 3.05) is 19.8 Å². The molecule has 0 spiro atoms. The molecule has 0 bridgehead atoms. The average Bonchev–Trinajstić information content (AvgIpc) is 2.85. The van der Waals surface area contributed by atoms with Gasteiger partial charge in [-0.25, -0.2) is 0 Å². The van der Waals surface area contributed by atoms with Gasteiger partial charge in [0.25, 0.3) is 0 Å². The predicted molar refractivity (Wildman–Crippen MR) is 121 cm³/mol. The van der Waals surface area contributed by atoms with E-state index in [-0.39, 0.29) is 0 Å². The van der Waals surface area contributed by atoms with Crippen molar-refractivity contribution in [3.63, 3.8) is 0 Å². The lowest BCUT2D eigenvalue weighted by Gasteiger charge is -2.58. The first-order valence-electron chi connectivity index (χ1n) is 12.0. The van der Waals surface area contributed by atoms with Gasteiger partial charge in [-0.15, -0.1) is 0 Å². The minimum Gasteiger partial charge on any atom is -0.394 e. The minimum atomic E-state index is -2.03. The van der Waals surface area contributed by atoms with Crippen LogP contribution in [0.4, 0.5) is 0 Å². The SMILES string of the molecule is C[C@@]1(O)[C@@](C)(CO)O[C@H](OC2[C@@H](CO)O[C@@H](OC3[C@@H](CO)O[C@@H](O)[C@H](N)[C@H]3O)[C@H](N)[C@H]2O)[C@H](N)[C@@]1(C)O. The van der Waals surface area contributed by atoms with Gasteiger partial charge < -0.3 is 81.7 Å². The number of hydrogen-bond acceptors (Lipinski definition) is 16. The number of aliphatic hydroxyl groups is 8. The molecule has 0 aromatic rings. The zero-order valence-corrected chi connectivity index (χ0v) is 20.9. The van der Waals surface area contributed by atoms with E-state index in [0.29, 0.717) is 0 Å². The van der Waals surface area contributed by atoms with Crippen molar-refractivity contribution >= 4 is 0 Å². The van der Waals surface area contributed by atoms with Gasteiger partial charge in [-0.1, -0.05) is 0 Å². The van der Waals surface area contributed by atoms with E-state index < -0.39 is 110 Å². The molecule has 0 aromatic heterocycles. The highest BCUT2D eigenvalue weighted by Gasteiger charge is 2.65. The summed E-state index contributed by atoms with van der Waals surface area (Å²) in [5, 5.41) is 82.6. The van der Waals surface area contributed by atoms with Crippen molar-refractivity contribution in [1.29, 1.82) is 0 Å². The van der Waals surface area contributed by atoms with Gasteiger partial charge in [0.1, 0.15) is 53.4 Å². The van der Waals surface area contributed by atoms with Crippen molar-refractivity contribution in [3.05, 3.63) is 0 Å². The normalized spacial score (nSPS) is 55.3. The van der Waals surface area contributed by atoms with Crippen LogP contribution < -0.4 is 17.2 Å². The Balaban J connectivity index is 1.79. The summed E-state index contributed by atoms with van der Waals surface area (Å²) in [6, 6.07) is -4.01. The highest BCUT2D eigenvalue weighted by molar-refractivity contribution is 5.15. The van der Waals surface area contributed by atoms with E-state index in [1.165, 1.54) is 20.8 Å². The van der Waals surface area contributed by atoms with E-state index in [0.717, 1.165) is 0 Å². The summed E-state index contributed by atoms with van der Waals surface area (Å²) < 4.78 is 28.1. The molecule has 3 rings (SSSR count). The van der Waals surface area contributed by atoms with E-state index in [1.54, 1.807) is 0 Å². The maximum atomic E-state index is 11.0. The first-order valence-corrected chi connectivity index (χ1v) is 12.0. The second-order valence-electron chi connectivity index (χ2n) is 10.4. The maximum absolute atomic E-state index is 11.0. The van der Waals surface area contributed by atoms with Crippen LogP contribution in [0.3, 0.4) is 0 Å². The van der Waals surface area contributed by atoms with Gasteiger partial charge in [-0.05, 0) is 20.8 Å². The summed E-state index contributed by atoms with van der Waals surface area (Å²) in [4.78, 5) is 0. The zero-order chi connectivity index (χ0) is 28.1. The molecule has 37 heavy (non-hydrogen) atoms. The first-order chi connectivity index (χ1) is 17.1. The van der Waals surface area contributed by atoms with Gasteiger partial charge in [0.15, 0.2) is 18.9 Å². The Hall–Kier alpha value is -0.640. The van der Waals surface area contributed by atoms with Crippen LogP contribution in [0.15, 0.2) is 0 Å². The monoisotopic (exact) mass is 543 g/mol. The van der Waals surface area contributed by atoms with E-state index in [1.807, 2.05) is 0 Å². The van der Waals surface area contributed by atoms with E-state index in [2.05, 4.69) is 0 Å². The third-order valence-electron chi connectivity index (χ3n) is 8.04. The van der Waals surface area contributed by atoms with Crippen LogP contribution in [-0.4, -0.2) is 151 Å². The molecule has 3 fully saturated rings. The summed E-state index contributed by atoms with van der Waals surface area (Å²) in [5.41, 5.74) is 12.2. The first kappa shape index (κ1) is 30.9. The van der Waals surface area contributed by atoms with Crippen LogP contribution in [-0.2, 0) is 23.7 Å². The topological polar surface area (TPSA) is 286 Å². The van der Waals surface area contributed by atoms with Crippen molar-refractivity contribution in [3.8, 4) is 0 Å². The summed E-state index contributed by atoms with van der Waals surface area (Å²) in [5.74, 6) is 0. The third kappa shape index (κ3) is 5.16. The highest BCUT2D eigenvalue weighted by Crippen LogP contribution is 2.44. The fourth-order valence-corrected chi connectivity index (χ4v) is 4.83. The molecule has 14 N–H and O–H groups in total. The highest BCUT2D eigenvalue weighted by atomic mass is 16.7. The van der Waals surface area contributed by atoms with Crippen LogP contribution >= 0.6 is 0 Å². The van der Waals surface area contributed by atoms with Crippen LogP contribution in [0, 0.1) is 0 Å². The predicted octanol–water partition coefficient (Wildman–Crippen LogP) is -6.50. The number of nitrogens with two attached hydrogens (primary N) is 3. The molecular formula is C21H41N3O13.